The molecule has 4 heteroatoms. The van der Waals surface area contributed by atoms with Gasteiger partial charge in [-0.3, -0.25) is 4.98 Å². The summed E-state index contributed by atoms with van der Waals surface area (Å²) in [5, 5.41) is 4.41. The van der Waals surface area contributed by atoms with E-state index in [1.807, 2.05) is 18.2 Å². The third kappa shape index (κ3) is 2.85. The van der Waals surface area contributed by atoms with Gasteiger partial charge >= 0.3 is 0 Å². The van der Waals surface area contributed by atoms with Crippen molar-refractivity contribution < 1.29 is 0 Å². The molecule has 0 amide bonds. The number of pyridine rings is 1. The normalized spacial score (nSPS) is 10.8. The Bertz CT molecular complexity index is 777. The van der Waals surface area contributed by atoms with E-state index in [1.165, 1.54) is 5.56 Å². The van der Waals surface area contributed by atoms with Crippen molar-refractivity contribution in [2.45, 2.75) is 13.3 Å². The number of nitrogens with one attached hydrogen (secondary N) is 1. The molecule has 0 radical (unpaired) electrons. The highest BCUT2D eigenvalue weighted by molar-refractivity contribution is 9.10. The van der Waals surface area contributed by atoms with Gasteiger partial charge in [-0.05, 0) is 42.3 Å². The van der Waals surface area contributed by atoms with E-state index in [0.717, 1.165) is 33.2 Å². The number of nitrogens with two attached hydrogens (primary N) is 1. The topological polar surface area (TPSA) is 50.9 Å². The fraction of sp³-hybridized carbons (Fsp3) is 0.118. The second-order valence-electron chi connectivity index (χ2n) is 4.93. The summed E-state index contributed by atoms with van der Waals surface area (Å²) in [4.78, 5) is 4.37. The maximum Gasteiger partial charge on any atom is 0.0746 e. The summed E-state index contributed by atoms with van der Waals surface area (Å²) >= 11 is 3.50. The van der Waals surface area contributed by atoms with E-state index in [-0.39, 0.29) is 0 Å². The minimum absolute atomic E-state index is 0.639. The largest absolute Gasteiger partial charge is 0.396 e. The monoisotopic (exact) mass is 341 g/mol. The van der Waals surface area contributed by atoms with Gasteiger partial charge in [0.2, 0.25) is 0 Å². The maximum atomic E-state index is 6.10. The van der Waals surface area contributed by atoms with Crippen molar-refractivity contribution in [1.29, 1.82) is 0 Å². The number of aromatic nitrogens is 1. The van der Waals surface area contributed by atoms with Gasteiger partial charge in [0.25, 0.3) is 0 Å². The van der Waals surface area contributed by atoms with E-state index in [9.17, 15) is 0 Å². The van der Waals surface area contributed by atoms with Crippen LogP contribution in [0.3, 0.4) is 0 Å². The number of benzene rings is 2. The lowest BCUT2D eigenvalue weighted by Crippen LogP contribution is -1.99. The average molecular weight is 342 g/mol. The van der Waals surface area contributed by atoms with E-state index in [4.69, 9.17) is 5.73 Å². The molecule has 0 aliphatic carbocycles. The number of rotatable bonds is 3. The maximum absolute atomic E-state index is 6.10. The minimum Gasteiger partial charge on any atom is -0.396 e. The molecule has 0 atom stereocenters. The Morgan fingerprint density at radius 2 is 1.90 bits per heavy atom. The molecule has 3 aromatic rings. The molecule has 0 bridgehead atoms. The Labute approximate surface area is 132 Å². The summed E-state index contributed by atoms with van der Waals surface area (Å²) in [7, 11) is 0. The molecular weight excluding hydrogens is 326 g/mol. The average Bonchev–Trinajstić information content (AvgIpc) is 2.51. The van der Waals surface area contributed by atoms with Crippen molar-refractivity contribution in [1.82, 2.24) is 4.98 Å². The molecule has 3 nitrogen and oxygen atoms in total. The zero-order chi connectivity index (χ0) is 14.8. The summed E-state index contributed by atoms with van der Waals surface area (Å²) in [5.41, 5.74) is 10.9. The van der Waals surface area contributed by atoms with E-state index in [2.05, 4.69) is 57.4 Å². The Balaban J connectivity index is 2.06. The molecule has 0 saturated carbocycles. The molecule has 3 N–H and O–H groups in total. The SMILES string of the molecule is CCc1ccc(Nc2c(N)cnc3ccc(Br)cc23)cc1. The van der Waals surface area contributed by atoms with Crippen LogP contribution >= 0.6 is 15.9 Å². The quantitative estimate of drug-likeness (QED) is 0.713. The first-order valence-electron chi connectivity index (χ1n) is 6.87. The predicted octanol–water partition coefficient (Wildman–Crippen LogP) is 4.89. The highest BCUT2D eigenvalue weighted by Crippen LogP contribution is 2.32. The van der Waals surface area contributed by atoms with Crippen molar-refractivity contribution >= 4 is 43.9 Å². The van der Waals surface area contributed by atoms with Crippen molar-refractivity contribution in [2.24, 2.45) is 0 Å². The Kier molecular flexibility index (Phi) is 3.80. The van der Waals surface area contributed by atoms with Crippen LogP contribution in [0, 0.1) is 0 Å². The molecule has 0 saturated heterocycles. The summed E-state index contributed by atoms with van der Waals surface area (Å²) in [6.45, 7) is 2.15. The lowest BCUT2D eigenvalue weighted by molar-refractivity contribution is 1.14. The first-order chi connectivity index (χ1) is 10.2. The molecule has 2 aromatic carbocycles. The first kappa shape index (κ1) is 13.9. The number of fused-ring (bicyclic) bond motifs is 1. The molecule has 0 fully saturated rings. The molecule has 21 heavy (non-hydrogen) atoms. The van der Waals surface area contributed by atoms with Crippen LogP contribution in [-0.4, -0.2) is 4.98 Å². The third-order valence-electron chi connectivity index (χ3n) is 3.49. The zero-order valence-corrected chi connectivity index (χ0v) is 13.3. The molecule has 0 spiro atoms. The van der Waals surface area contributed by atoms with Crippen molar-refractivity contribution in [3.8, 4) is 0 Å². The Morgan fingerprint density at radius 3 is 2.62 bits per heavy atom. The van der Waals surface area contributed by atoms with Crippen LogP contribution in [-0.2, 0) is 6.42 Å². The summed E-state index contributed by atoms with van der Waals surface area (Å²) < 4.78 is 1.01. The number of hydrogen-bond acceptors (Lipinski definition) is 3. The van der Waals surface area contributed by atoms with Crippen molar-refractivity contribution in [2.75, 3.05) is 11.1 Å². The number of hydrogen-bond donors (Lipinski definition) is 2. The fourth-order valence-electron chi connectivity index (χ4n) is 2.29. The summed E-state index contributed by atoms with van der Waals surface area (Å²) in [6.07, 6.45) is 2.73. The van der Waals surface area contributed by atoms with Gasteiger partial charge in [-0.1, -0.05) is 35.0 Å². The Morgan fingerprint density at radius 1 is 1.14 bits per heavy atom. The molecule has 1 heterocycles. The van der Waals surface area contributed by atoms with Crippen LogP contribution < -0.4 is 11.1 Å². The van der Waals surface area contributed by atoms with Crippen molar-refractivity contribution in [3.05, 3.63) is 58.7 Å². The number of nitrogen functional groups attached to an aromatic ring is 1. The number of anilines is 3. The molecule has 106 valence electrons. The van der Waals surface area contributed by atoms with Gasteiger partial charge in [-0.25, -0.2) is 0 Å². The molecular formula is C17H16BrN3. The fourth-order valence-corrected chi connectivity index (χ4v) is 2.65. The van der Waals surface area contributed by atoms with Crippen LogP contribution in [0.5, 0.6) is 0 Å². The highest BCUT2D eigenvalue weighted by Gasteiger charge is 2.07. The summed E-state index contributed by atoms with van der Waals surface area (Å²) in [5.74, 6) is 0. The first-order valence-corrected chi connectivity index (χ1v) is 7.66. The second kappa shape index (κ2) is 5.74. The van der Waals surface area contributed by atoms with Crippen LogP contribution in [0.25, 0.3) is 10.9 Å². The molecule has 3 rings (SSSR count). The molecule has 1 aromatic heterocycles. The third-order valence-corrected chi connectivity index (χ3v) is 3.98. The van der Waals surface area contributed by atoms with E-state index >= 15 is 0 Å². The van der Waals surface area contributed by atoms with Gasteiger partial charge in [0.05, 0.1) is 23.1 Å². The number of halogens is 1. The van der Waals surface area contributed by atoms with Gasteiger partial charge in [-0.2, -0.15) is 0 Å². The zero-order valence-electron chi connectivity index (χ0n) is 11.7. The second-order valence-corrected chi connectivity index (χ2v) is 5.84. The van der Waals surface area contributed by atoms with Crippen LogP contribution in [0.1, 0.15) is 12.5 Å². The van der Waals surface area contributed by atoms with E-state index in [0.29, 0.717) is 5.69 Å². The number of nitrogens with zero attached hydrogens (tertiary/aromatic N) is 1. The molecule has 0 unspecified atom stereocenters. The lowest BCUT2D eigenvalue weighted by atomic mass is 10.1. The van der Waals surface area contributed by atoms with Gasteiger partial charge in [-0.15, -0.1) is 0 Å². The number of aryl methyl sites for hydroxylation is 1. The predicted molar refractivity (Wildman–Crippen MR) is 93.0 cm³/mol. The van der Waals surface area contributed by atoms with E-state index < -0.39 is 0 Å². The van der Waals surface area contributed by atoms with Gasteiger partial charge in [0.1, 0.15) is 0 Å². The summed E-state index contributed by atoms with van der Waals surface area (Å²) in [6, 6.07) is 14.4. The van der Waals surface area contributed by atoms with Crippen molar-refractivity contribution in [3.63, 3.8) is 0 Å². The molecule has 0 aliphatic heterocycles. The molecule has 0 aliphatic rings. The lowest BCUT2D eigenvalue weighted by Gasteiger charge is -2.13. The smallest absolute Gasteiger partial charge is 0.0746 e. The van der Waals surface area contributed by atoms with Gasteiger partial charge in [0, 0.05) is 15.5 Å². The minimum atomic E-state index is 0.639. The van der Waals surface area contributed by atoms with E-state index in [1.54, 1.807) is 6.20 Å². The van der Waals surface area contributed by atoms with Gasteiger partial charge < -0.3 is 11.1 Å². The highest BCUT2D eigenvalue weighted by atomic mass is 79.9. The standard InChI is InChI=1S/C17H16BrN3/c1-2-11-3-6-13(7-4-11)21-17-14-9-12(18)5-8-16(14)20-10-15(17)19/h3-10H,2,19H2,1H3,(H,20,21). The van der Waals surface area contributed by atoms with Crippen LogP contribution in [0.15, 0.2) is 53.1 Å². The van der Waals surface area contributed by atoms with Crippen LogP contribution in [0.4, 0.5) is 17.1 Å². The van der Waals surface area contributed by atoms with Gasteiger partial charge in [0.15, 0.2) is 0 Å². The Hall–Kier alpha value is -2.07. The van der Waals surface area contributed by atoms with Crippen LogP contribution in [0.2, 0.25) is 0 Å².